The molecule has 1 N–H and O–H groups in total. The molecule has 1 aliphatic carbocycles. The molecule has 3 heteroatoms. The summed E-state index contributed by atoms with van der Waals surface area (Å²) in [7, 11) is 0. The van der Waals surface area contributed by atoms with Crippen LogP contribution in [0.25, 0.3) is 5.52 Å². The van der Waals surface area contributed by atoms with Gasteiger partial charge in [-0.2, -0.15) is 5.10 Å². The maximum Gasteiger partial charge on any atom is 0.0706 e. The van der Waals surface area contributed by atoms with Gasteiger partial charge in [0.2, 0.25) is 0 Å². The number of hydrogen-bond donors (Lipinski definition) is 1. The second-order valence-corrected chi connectivity index (χ2v) is 5.85. The lowest BCUT2D eigenvalue weighted by atomic mass is 9.80. The van der Waals surface area contributed by atoms with Gasteiger partial charge in [-0.1, -0.05) is 32.3 Å². The van der Waals surface area contributed by atoms with Gasteiger partial charge < -0.3 is 5.32 Å². The van der Waals surface area contributed by atoms with Crippen molar-refractivity contribution < 1.29 is 0 Å². The zero-order valence-electron chi connectivity index (χ0n) is 11.7. The van der Waals surface area contributed by atoms with Crippen LogP contribution in [-0.4, -0.2) is 16.2 Å². The Bertz CT molecular complexity index is 532. The molecule has 2 aromatic rings. The first-order chi connectivity index (χ1) is 9.34. The van der Waals surface area contributed by atoms with E-state index in [1.165, 1.54) is 36.8 Å². The smallest absolute Gasteiger partial charge is 0.0706 e. The van der Waals surface area contributed by atoms with Gasteiger partial charge in [-0.25, -0.2) is 4.52 Å². The van der Waals surface area contributed by atoms with Gasteiger partial charge in [-0.15, -0.1) is 0 Å². The molecule has 102 valence electrons. The van der Waals surface area contributed by atoms with Crippen molar-refractivity contribution in [3.05, 3.63) is 36.2 Å². The molecule has 1 saturated carbocycles. The highest BCUT2D eigenvalue weighted by Gasteiger charge is 2.20. The molecule has 0 bridgehead atoms. The van der Waals surface area contributed by atoms with Crippen molar-refractivity contribution in [2.75, 3.05) is 6.54 Å². The van der Waals surface area contributed by atoms with Crippen molar-refractivity contribution in [1.82, 2.24) is 14.9 Å². The largest absolute Gasteiger partial charge is 0.312 e. The van der Waals surface area contributed by atoms with Crippen molar-refractivity contribution in [2.24, 2.45) is 11.8 Å². The van der Waals surface area contributed by atoms with Gasteiger partial charge in [-0.3, -0.25) is 0 Å². The number of fused-ring (bicyclic) bond motifs is 1. The number of pyridine rings is 1. The summed E-state index contributed by atoms with van der Waals surface area (Å²) in [6.45, 7) is 4.48. The highest BCUT2D eigenvalue weighted by atomic mass is 15.2. The van der Waals surface area contributed by atoms with Crippen LogP contribution in [0.2, 0.25) is 0 Å². The van der Waals surface area contributed by atoms with Crippen LogP contribution in [0.3, 0.4) is 0 Å². The van der Waals surface area contributed by atoms with Crippen LogP contribution in [0.15, 0.2) is 30.6 Å². The fourth-order valence-corrected chi connectivity index (χ4v) is 3.21. The third-order valence-corrected chi connectivity index (χ3v) is 4.52. The summed E-state index contributed by atoms with van der Waals surface area (Å²) in [6.07, 6.45) is 9.61. The van der Waals surface area contributed by atoms with E-state index >= 15 is 0 Å². The Morgan fingerprint density at radius 2 is 2.21 bits per heavy atom. The van der Waals surface area contributed by atoms with Crippen LogP contribution in [-0.2, 0) is 6.54 Å². The lowest BCUT2D eigenvalue weighted by molar-refractivity contribution is 0.248. The van der Waals surface area contributed by atoms with Gasteiger partial charge in [-0.05, 0) is 36.9 Å². The van der Waals surface area contributed by atoms with Gasteiger partial charge >= 0.3 is 0 Å². The molecule has 0 saturated heterocycles. The summed E-state index contributed by atoms with van der Waals surface area (Å²) < 4.78 is 1.94. The normalized spacial score (nSPS) is 23.8. The Morgan fingerprint density at radius 1 is 1.32 bits per heavy atom. The van der Waals surface area contributed by atoms with Gasteiger partial charge in [0.25, 0.3) is 0 Å². The first-order valence-electron chi connectivity index (χ1n) is 7.46. The molecule has 0 amide bonds. The predicted octanol–water partition coefficient (Wildman–Crippen LogP) is 3.25. The van der Waals surface area contributed by atoms with E-state index in [1.807, 2.05) is 23.0 Å². The molecule has 1 fully saturated rings. The van der Waals surface area contributed by atoms with Gasteiger partial charge in [0.15, 0.2) is 0 Å². The SMILES string of the molecule is CC1CCCCC1CNCc1cnn2ccccc12. The van der Waals surface area contributed by atoms with E-state index in [9.17, 15) is 0 Å². The molecule has 0 aromatic carbocycles. The van der Waals surface area contributed by atoms with Crippen molar-refractivity contribution in [3.63, 3.8) is 0 Å². The second-order valence-electron chi connectivity index (χ2n) is 5.85. The van der Waals surface area contributed by atoms with Crippen molar-refractivity contribution in [3.8, 4) is 0 Å². The highest BCUT2D eigenvalue weighted by molar-refractivity contribution is 5.53. The van der Waals surface area contributed by atoms with Crippen LogP contribution in [0.4, 0.5) is 0 Å². The second kappa shape index (κ2) is 5.74. The summed E-state index contributed by atoms with van der Waals surface area (Å²) in [6, 6.07) is 6.22. The minimum Gasteiger partial charge on any atom is -0.312 e. The molecule has 2 atom stereocenters. The van der Waals surface area contributed by atoms with E-state index in [1.54, 1.807) is 0 Å². The topological polar surface area (TPSA) is 29.3 Å². The monoisotopic (exact) mass is 257 g/mol. The van der Waals surface area contributed by atoms with Crippen LogP contribution < -0.4 is 5.32 Å². The Morgan fingerprint density at radius 3 is 3.11 bits per heavy atom. The van der Waals surface area contributed by atoms with E-state index in [-0.39, 0.29) is 0 Å². The molecule has 2 aromatic heterocycles. The summed E-state index contributed by atoms with van der Waals surface area (Å²) >= 11 is 0. The van der Waals surface area contributed by atoms with Crippen LogP contribution in [0.5, 0.6) is 0 Å². The zero-order valence-corrected chi connectivity index (χ0v) is 11.7. The fraction of sp³-hybridized carbons (Fsp3) is 0.562. The van der Waals surface area contributed by atoms with Crippen molar-refractivity contribution >= 4 is 5.52 Å². The van der Waals surface area contributed by atoms with Gasteiger partial charge in [0.1, 0.15) is 0 Å². The average Bonchev–Trinajstić information content (AvgIpc) is 2.85. The fourth-order valence-electron chi connectivity index (χ4n) is 3.21. The molecule has 19 heavy (non-hydrogen) atoms. The number of aromatic nitrogens is 2. The van der Waals surface area contributed by atoms with Gasteiger partial charge in [0, 0.05) is 18.3 Å². The minimum absolute atomic E-state index is 0.857. The Kier molecular flexibility index (Phi) is 3.83. The number of nitrogens with zero attached hydrogens (tertiary/aromatic N) is 2. The Hall–Kier alpha value is -1.35. The first-order valence-corrected chi connectivity index (χ1v) is 7.46. The molecule has 0 spiro atoms. The number of hydrogen-bond acceptors (Lipinski definition) is 2. The number of rotatable bonds is 4. The van der Waals surface area contributed by atoms with E-state index in [0.717, 1.165) is 24.9 Å². The summed E-state index contributed by atoms with van der Waals surface area (Å²) in [5, 5.41) is 8.00. The lowest BCUT2D eigenvalue weighted by Gasteiger charge is -2.28. The predicted molar refractivity (Wildman–Crippen MR) is 78.0 cm³/mol. The minimum atomic E-state index is 0.857. The van der Waals surface area contributed by atoms with Crippen LogP contribution in [0.1, 0.15) is 38.2 Å². The highest BCUT2D eigenvalue weighted by Crippen LogP contribution is 2.28. The third kappa shape index (κ3) is 2.81. The molecule has 0 radical (unpaired) electrons. The molecule has 2 heterocycles. The van der Waals surface area contributed by atoms with E-state index < -0.39 is 0 Å². The van der Waals surface area contributed by atoms with Crippen molar-refractivity contribution in [1.29, 1.82) is 0 Å². The van der Waals surface area contributed by atoms with Crippen LogP contribution in [0, 0.1) is 11.8 Å². The average molecular weight is 257 g/mol. The third-order valence-electron chi connectivity index (χ3n) is 4.52. The Balaban J connectivity index is 1.57. The zero-order chi connectivity index (χ0) is 13.1. The van der Waals surface area contributed by atoms with Crippen LogP contribution >= 0.6 is 0 Å². The maximum atomic E-state index is 4.38. The van der Waals surface area contributed by atoms with Gasteiger partial charge in [0.05, 0.1) is 11.7 Å². The molecule has 0 aliphatic heterocycles. The van der Waals surface area contributed by atoms with E-state index in [0.29, 0.717) is 0 Å². The summed E-state index contributed by atoms with van der Waals surface area (Å²) in [4.78, 5) is 0. The molecule has 2 unspecified atom stereocenters. The summed E-state index contributed by atoms with van der Waals surface area (Å²) in [5.74, 6) is 1.74. The first kappa shape index (κ1) is 12.7. The molecular weight excluding hydrogens is 234 g/mol. The Labute approximate surface area is 115 Å². The van der Waals surface area contributed by atoms with E-state index in [2.05, 4.69) is 29.5 Å². The standard InChI is InChI=1S/C16H23N3/c1-13-6-2-3-7-14(13)10-17-11-15-12-18-19-9-5-4-8-16(15)19/h4-5,8-9,12-14,17H,2-3,6-7,10-11H2,1H3. The quantitative estimate of drug-likeness (QED) is 0.911. The van der Waals surface area contributed by atoms with E-state index in [4.69, 9.17) is 0 Å². The van der Waals surface area contributed by atoms with Crippen molar-refractivity contribution in [2.45, 2.75) is 39.2 Å². The maximum absolute atomic E-state index is 4.38. The lowest BCUT2D eigenvalue weighted by Crippen LogP contribution is -2.29. The molecule has 3 rings (SSSR count). The molecule has 3 nitrogen and oxygen atoms in total. The molecular formula is C16H23N3. The summed E-state index contributed by atoms with van der Waals surface area (Å²) in [5.41, 5.74) is 2.51. The number of nitrogens with one attached hydrogen (secondary N) is 1. The molecule has 1 aliphatic rings.